The molecule has 19 heavy (non-hydrogen) atoms. The molecule has 0 aliphatic rings. The molecule has 0 aliphatic carbocycles. The fraction of sp³-hybridized carbons (Fsp3) is 0.412. The summed E-state index contributed by atoms with van der Waals surface area (Å²) < 4.78 is 0. The van der Waals surface area contributed by atoms with Crippen LogP contribution in [0.4, 0.5) is 0 Å². The van der Waals surface area contributed by atoms with E-state index in [1.165, 1.54) is 27.8 Å². The van der Waals surface area contributed by atoms with Gasteiger partial charge in [0.15, 0.2) is 0 Å². The molecular formula is C17H22OS. The van der Waals surface area contributed by atoms with Crippen LogP contribution in [-0.2, 0) is 12.8 Å². The molecule has 0 bridgehead atoms. The lowest BCUT2D eigenvalue weighted by atomic mass is 9.94. The first kappa shape index (κ1) is 14.3. The van der Waals surface area contributed by atoms with Crippen molar-refractivity contribution in [3.05, 3.63) is 56.3 Å². The first-order valence-corrected chi connectivity index (χ1v) is 7.72. The Morgan fingerprint density at radius 1 is 1.16 bits per heavy atom. The summed E-state index contributed by atoms with van der Waals surface area (Å²) in [7, 11) is 0. The molecule has 0 spiro atoms. The summed E-state index contributed by atoms with van der Waals surface area (Å²) in [5.74, 6) is 0. The zero-order valence-corrected chi connectivity index (χ0v) is 13.0. The molecule has 2 heteroatoms. The van der Waals surface area contributed by atoms with Gasteiger partial charge in [0.25, 0.3) is 0 Å². The van der Waals surface area contributed by atoms with E-state index in [1.807, 2.05) is 0 Å². The quantitative estimate of drug-likeness (QED) is 0.869. The summed E-state index contributed by atoms with van der Waals surface area (Å²) in [5, 5.41) is 12.6. The van der Waals surface area contributed by atoms with Crippen LogP contribution in [-0.4, -0.2) is 5.11 Å². The van der Waals surface area contributed by atoms with E-state index in [2.05, 4.69) is 51.3 Å². The summed E-state index contributed by atoms with van der Waals surface area (Å²) in [5.41, 5.74) is 6.42. The van der Waals surface area contributed by atoms with Crippen LogP contribution in [0.1, 0.15) is 45.7 Å². The van der Waals surface area contributed by atoms with Gasteiger partial charge in [-0.3, -0.25) is 0 Å². The lowest BCUT2D eigenvalue weighted by Crippen LogP contribution is -2.05. The maximum atomic E-state index is 10.5. The molecule has 1 aromatic heterocycles. The number of rotatable bonds is 4. The third-order valence-corrected chi connectivity index (χ3v) is 4.76. The van der Waals surface area contributed by atoms with Gasteiger partial charge in [0.05, 0.1) is 6.10 Å². The van der Waals surface area contributed by atoms with E-state index in [-0.39, 0.29) is 6.10 Å². The second-order valence-electron chi connectivity index (χ2n) is 5.26. The van der Waals surface area contributed by atoms with Crippen molar-refractivity contribution in [2.75, 3.05) is 0 Å². The Bertz CT molecular complexity index is 545. The van der Waals surface area contributed by atoms with Crippen LogP contribution >= 0.6 is 11.3 Å². The molecule has 0 fully saturated rings. The van der Waals surface area contributed by atoms with Gasteiger partial charge in [-0.25, -0.2) is 0 Å². The van der Waals surface area contributed by atoms with E-state index in [9.17, 15) is 5.11 Å². The van der Waals surface area contributed by atoms with E-state index in [0.29, 0.717) is 6.42 Å². The highest BCUT2D eigenvalue weighted by molar-refractivity contribution is 7.10. The van der Waals surface area contributed by atoms with Gasteiger partial charge in [0, 0.05) is 11.3 Å². The van der Waals surface area contributed by atoms with Crippen LogP contribution in [0.15, 0.2) is 23.6 Å². The molecule has 0 saturated carbocycles. The van der Waals surface area contributed by atoms with Gasteiger partial charge in [-0.2, -0.15) is 0 Å². The third-order valence-electron chi connectivity index (χ3n) is 3.70. The molecule has 1 atom stereocenters. The van der Waals surface area contributed by atoms with Gasteiger partial charge >= 0.3 is 0 Å². The number of hydrogen-bond acceptors (Lipinski definition) is 2. The van der Waals surface area contributed by atoms with E-state index < -0.39 is 0 Å². The maximum absolute atomic E-state index is 10.5. The fourth-order valence-electron chi connectivity index (χ4n) is 2.75. The monoisotopic (exact) mass is 274 g/mol. The first-order valence-electron chi connectivity index (χ1n) is 6.84. The average Bonchev–Trinajstić information content (AvgIpc) is 2.81. The van der Waals surface area contributed by atoms with Gasteiger partial charge < -0.3 is 5.11 Å². The summed E-state index contributed by atoms with van der Waals surface area (Å²) in [4.78, 5) is 1.13. The minimum atomic E-state index is -0.380. The topological polar surface area (TPSA) is 20.2 Å². The standard InChI is InChI=1S/C17H22OS/c1-5-14-6-7-19-17(14)16(18)10-15-12(3)8-11(2)9-13(15)4/h6-9,16,18H,5,10H2,1-4H3. The van der Waals surface area contributed by atoms with E-state index in [1.54, 1.807) is 11.3 Å². The average molecular weight is 274 g/mol. The zero-order valence-electron chi connectivity index (χ0n) is 12.2. The number of aliphatic hydroxyl groups is 1. The SMILES string of the molecule is CCc1ccsc1C(O)Cc1c(C)cc(C)cc1C. The lowest BCUT2D eigenvalue weighted by Gasteiger charge is -2.16. The summed E-state index contributed by atoms with van der Waals surface area (Å²) in [6, 6.07) is 6.52. The molecule has 2 aromatic rings. The van der Waals surface area contributed by atoms with Crippen molar-refractivity contribution in [3.63, 3.8) is 0 Å². The Morgan fingerprint density at radius 2 is 1.79 bits per heavy atom. The van der Waals surface area contributed by atoms with Crippen molar-refractivity contribution in [3.8, 4) is 0 Å². The van der Waals surface area contributed by atoms with E-state index >= 15 is 0 Å². The molecule has 1 heterocycles. The van der Waals surface area contributed by atoms with Crippen molar-refractivity contribution in [1.29, 1.82) is 0 Å². The van der Waals surface area contributed by atoms with E-state index in [0.717, 1.165) is 11.3 Å². The summed E-state index contributed by atoms with van der Waals surface area (Å²) in [6.07, 6.45) is 1.32. The predicted octanol–water partition coefficient (Wildman–Crippen LogP) is 4.51. The maximum Gasteiger partial charge on any atom is 0.0925 e. The van der Waals surface area contributed by atoms with Crippen LogP contribution in [0, 0.1) is 20.8 Å². The van der Waals surface area contributed by atoms with Crippen molar-refractivity contribution < 1.29 is 5.11 Å². The van der Waals surface area contributed by atoms with Gasteiger partial charge in [-0.15, -0.1) is 11.3 Å². The molecule has 0 radical (unpaired) electrons. The molecule has 2 rings (SSSR count). The van der Waals surface area contributed by atoms with Crippen molar-refractivity contribution in [2.45, 2.75) is 46.6 Å². The Hall–Kier alpha value is -1.12. The van der Waals surface area contributed by atoms with Crippen LogP contribution in [0.5, 0.6) is 0 Å². The molecular weight excluding hydrogens is 252 g/mol. The molecule has 102 valence electrons. The largest absolute Gasteiger partial charge is 0.387 e. The number of benzene rings is 1. The number of aliphatic hydroxyl groups excluding tert-OH is 1. The lowest BCUT2D eigenvalue weighted by molar-refractivity contribution is 0.181. The van der Waals surface area contributed by atoms with Crippen molar-refractivity contribution >= 4 is 11.3 Å². The Labute approximate surface area is 119 Å². The zero-order chi connectivity index (χ0) is 14.0. The highest BCUT2D eigenvalue weighted by atomic mass is 32.1. The molecule has 1 unspecified atom stereocenters. The van der Waals surface area contributed by atoms with Gasteiger partial charge in [0.2, 0.25) is 0 Å². The van der Waals surface area contributed by atoms with Gasteiger partial charge in [0.1, 0.15) is 0 Å². The van der Waals surface area contributed by atoms with Crippen LogP contribution in [0.25, 0.3) is 0 Å². The minimum absolute atomic E-state index is 0.380. The smallest absolute Gasteiger partial charge is 0.0925 e. The Morgan fingerprint density at radius 3 is 2.37 bits per heavy atom. The number of hydrogen-bond donors (Lipinski definition) is 1. The summed E-state index contributed by atoms with van der Waals surface area (Å²) in [6.45, 7) is 8.53. The molecule has 1 nitrogen and oxygen atoms in total. The molecule has 1 aromatic carbocycles. The number of aryl methyl sites for hydroxylation is 4. The van der Waals surface area contributed by atoms with Gasteiger partial charge in [-0.05, 0) is 60.9 Å². The normalized spacial score (nSPS) is 12.7. The van der Waals surface area contributed by atoms with Crippen molar-refractivity contribution in [2.24, 2.45) is 0 Å². The third kappa shape index (κ3) is 3.07. The molecule has 0 aliphatic heterocycles. The van der Waals surface area contributed by atoms with Crippen LogP contribution < -0.4 is 0 Å². The molecule has 1 N–H and O–H groups in total. The van der Waals surface area contributed by atoms with Crippen LogP contribution in [0.2, 0.25) is 0 Å². The molecule has 0 amide bonds. The second kappa shape index (κ2) is 5.89. The fourth-order valence-corrected chi connectivity index (χ4v) is 3.73. The van der Waals surface area contributed by atoms with Crippen LogP contribution in [0.3, 0.4) is 0 Å². The Kier molecular flexibility index (Phi) is 4.43. The Balaban J connectivity index is 2.27. The molecule has 0 saturated heterocycles. The van der Waals surface area contributed by atoms with E-state index in [4.69, 9.17) is 0 Å². The minimum Gasteiger partial charge on any atom is -0.387 e. The predicted molar refractivity (Wildman–Crippen MR) is 83.0 cm³/mol. The highest BCUT2D eigenvalue weighted by Gasteiger charge is 2.16. The first-order chi connectivity index (χ1) is 9.02. The highest BCUT2D eigenvalue weighted by Crippen LogP contribution is 2.29. The van der Waals surface area contributed by atoms with Crippen molar-refractivity contribution in [1.82, 2.24) is 0 Å². The number of thiophene rings is 1. The second-order valence-corrected chi connectivity index (χ2v) is 6.21. The summed E-state index contributed by atoms with van der Waals surface area (Å²) >= 11 is 1.67. The van der Waals surface area contributed by atoms with Gasteiger partial charge in [-0.1, -0.05) is 24.6 Å².